The molecule has 184 valence electrons. The fraction of sp³-hybridized carbons (Fsp3) is 0.192. The number of pyridine rings is 2. The van der Waals surface area contributed by atoms with Crippen molar-refractivity contribution in [2.24, 2.45) is 0 Å². The van der Waals surface area contributed by atoms with Gasteiger partial charge in [0.25, 0.3) is 11.5 Å². The van der Waals surface area contributed by atoms with Crippen molar-refractivity contribution >= 4 is 34.0 Å². The molecule has 2 heterocycles. The van der Waals surface area contributed by atoms with Crippen LogP contribution in [0.1, 0.15) is 39.9 Å². The smallest absolute Gasteiger partial charge is 0.355 e. The lowest BCUT2D eigenvalue weighted by molar-refractivity contribution is -0.140. The van der Waals surface area contributed by atoms with Gasteiger partial charge in [-0.15, -0.1) is 0 Å². The third-order valence-corrected chi connectivity index (χ3v) is 6.20. The van der Waals surface area contributed by atoms with E-state index in [1.807, 2.05) is 6.07 Å². The second-order valence-corrected chi connectivity index (χ2v) is 8.52. The molecule has 1 aliphatic carbocycles. The second kappa shape index (κ2) is 9.10. The van der Waals surface area contributed by atoms with Gasteiger partial charge in [0.1, 0.15) is 11.5 Å². The third kappa shape index (κ3) is 4.41. The number of alkyl halides is 3. The summed E-state index contributed by atoms with van der Waals surface area (Å²) in [6.45, 7) is 0. The van der Waals surface area contributed by atoms with Gasteiger partial charge >= 0.3 is 6.18 Å². The van der Waals surface area contributed by atoms with Crippen molar-refractivity contribution in [1.29, 1.82) is 0 Å². The van der Waals surface area contributed by atoms with Crippen molar-refractivity contribution in [3.8, 4) is 0 Å². The van der Waals surface area contributed by atoms with Gasteiger partial charge < -0.3 is 15.6 Å². The van der Waals surface area contributed by atoms with E-state index < -0.39 is 29.0 Å². The Morgan fingerprint density at radius 1 is 0.944 bits per heavy atom. The third-order valence-electron chi connectivity index (χ3n) is 6.20. The normalized spacial score (nSPS) is 13.3. The van der Waals surface area contributed by atoms with Gasteiger partial charge in [-0.05, 0) is 73.7 Å². The molecular weight excluding hydrogens is 476 g/mol. The van der Waals surface area contributed by atoms with Crippen molar-refractivity contribution in [1.82, 2.24) is 9.97 Å². The van der Waals surface area contributed by atoms with Crippen molar-refractivity contribution in [2.45, 2.75) is 31.9 Å². The minimum atomic E-state index is -4.91. The van der Waals surface area contributed by atoms with Crippen molar-refractivity contribution in [2.75, 3.05) is 10.6 Å². The number of nitrogens with zero attached hydrogens (tertiary/aromatic N) is 1. The number of anilines is 3. The molecular formula is C26H20F4N4O2. The van der Waals surface area contributed by atoms with E-state index in [-0.39, 0.29) is 11.2 Å². The number of benzene rings is 2. The first-order chi connectivity index (χ1) is 17.2. The molecule has 0 radical (unpaired) electrons. The number of rotatable bonds is 4. The average molecular weight is 496 g/mol. The van der Waals surface area contributed by atoms with Crippen LogP contribution in [0.15, 0.2) is 59.5 Å². The molecule has 4 aromatic rings. The summed E-state index contributed by atoms with van der Waals surface area (Å²) in [5.41, 5.74) is 1.67. The van der Waals surface area contributed by atoms with E-state index in [2.05, 4.69) is 20.6 Å². The highest BCUT2D eigenvalue weighted by Gasteiger charge is 2.35. The Morgan fingerprint density at radius 2 is 1.64 bits per heavy atom. The van der Waals surface area contributed by atoms with E-state index in [1.54, 1.807) is 30.5 Å². The van der Waals surface area contributed by atoms with Gasteiger partial charge in [0.15, 0.2) is 0 Å². The Morgan fingerprint density at radius 3 is 2.36 bits per heavy atom. The number of aromatic amines is 1. The predicted molar refractivity (Wildman–Crippen MR) is 128 cm³/mol. The van der Waals surface area contributed by atoms with Crippen LogP contribution >= 0.6 is 0 Å². The second-order valence-electron chi connectivity index (χ2n) is 8.52. The number of nitrogens with one attached hydrogen (secondary N) is 3. The van der Waals surface area contributed by atoms with Gasteiger partial charge in [-0.2, -0.15) is 13.2 Å². The maximum Gasteiger partial charge on any atom is 0.419 e. The first-order valence-corrected chi connectivity index (χ1v) is 11.3. The van der Waals surface area contributed by atoms with Crippen molar-refractivity contribution in [3.05, 3.63) is 93.2 Å². The molecule has 36 heavy (non-hydrogen) atoms. The molecule has 0 aliphatic heterocycles. The minimum absolute atomic E-state index is 0.112. The largest absolute Gasteiger partial charge is 0.419 e. The van der Waals surface area contributed by atoms with E-state index in [4.69, 9.17) is 0 Å². The zero-order chi connectivity index (χ0) is 25.4. The molecule has 0 bridgehead atoms. The van der Waals surface area contributed by atoms with Crippen molar-refractivity contribution in [3.63, 3.8) is 0 Å². The number of hydrogen-bond donors (Lipinski definition) is 3. The molecule has 3 N–H and O–H groups in total. The minimum Gasteiger partial charge on any atom is -0.355 e. The van der Waals surface area contributed by atoms with E-state index >= 15 is 0 Å². The molecule has 0 saturated carbocycles. The summed E-state index contributed by atoms with van der Waals surface area (Å²) < 4.78 is 53.1. The van der Waals surface area contributed by atoms with Gasteiger partial charge in [0, 0.05) is 28.5 Å². The summed E-state index contributed by atoms with van der Waals surface area (Å²) in [4.78, 5) is 32.0. The number of amides is 1. The van der Waals surface area contributed by atoms with Crippen LogP contribution in [0.4, 0.5) is 34.6 Å². The topological polar surface area (TPSA) is 86.9 Å². The highest BCUT2D eigenvalue weighted by Crippen LogP contribution is 2.33. The van der Waals surface area contributed by atoms with Crippen LogP contribution in [0.5, 0.6) is 0 Å². The monoisotopic (exact) mass is 496 g/mol. The first kappa shape index (κ1) is 23.5. The van der Waals surface area contributed by atoms with Gasteiger partial charge in [0.2, 0.25) is 0 Å². The van der Waals surface area contributed by atoms with E-state index in [9.17, 15) is 27.2 Å². The summed E-state index contributed by atoms with van der Waals surface area (Å²) in [5, 5.41) is 6.58. The van der Waals surface area contributed by atoms with Crippen LogP contribution in [0, 0.1) is 5.82 Å². The van der Waals surface area contributed by atoms with Crippen LogP contribution in [0.25, 0.3) is 11.0 Å². The average Bonchev–Trinajstić information content (AvgIpc) is 2.85. The molecule has 10 heteroatoms. The number of hydrogen-bond acceptors (Lipinski definition) is 4. The molecule has 2 aromatic carbocycles. The summed E-state index contributed by atoms with van der Waals surface area (Å²) >= 11 is 0. The molecule has 0 spiro atoms. The van der Waals surface area contributed by atoms with Gasteiger partial charge in [-0.3, -0.25) is 9.59 Å². The van der Waals surface area contributed by atoms with Crippen molar-refractivity contribution < 1.29 is 22.4 Å². The summed E-state index contributed by atoms with van der Waals surface area (Å²) in [6, 6.07) is 10.8. The Bertz CT molecular complexity index is 1530. The molecule has 5 rings (SSSR count). The highest BCUT2D eigenvalue weighted by molar-refractivity contribution is 6.04. The lowest BCUT2D eigenvalue weighted by Crippen LogP contribution is -2.20. The fourth-order valence-electron chi connectivity index (χ4n) is 4.50. The standard InChI is InChI=1S/C26H20F4N4O2/c27-22-18(6-3-7-19(22)26(28,29)30)25(36)33-15-10-8-14(9-11-15)32-20-12-13-31-23-21(20)16-4-1-2-5-17(16)24(35)34-23/h3,6-13H,1-2,4-5H2,(H,33,36)(H2,31,32,34,35). The number of halogens is 4. The lowest BCUT2D eigenvalue weighted by atomic mass is 9.90. The Balaban J connectivity index is 1.38. The maximum absolute atomic E-state index is 14.3. The summed E-state index contributed by atoms with van der Waals surface area (Å²) in [7, 11) is 0. The van der Waals surface area contributed by atoms with Crippen LogP contribution < -0.4 is 16.2 Å². The molecule has 0 atom stereocenters. The molecule has 0 saturated heterocycles. The predicted octanol–water partition coefficient (Wildman–Crippen LogP) is 5.96. The molecule has 0 unspecified atom stereocenters. The van der Waals surface area contributed by atoms with Crippen LogP contribution in [-0.4, -0.2) is 15.9 Å². The molecule has 2 aromatic heterocycles. The lowest BCUT2D eigenvalue weighted by Gasteiger charge is -2.19. The quantitative estimate of drug-likeness (QED) is 0.305. The Hall–Kier alpha value is -4.21. The fourth-order valence-corrected chi connectivity index (χ4v) is 4.50. The number of fused-ring (bicyclic) bond motifs is 3. The first-order valence-electron chi connectivity index (χ1n) is 11.3. The molecule has 6 nitrogen and oxygen atoms in total. The van der Waals surface area contributed by atoms with Crippen LogP contribution in [0.3, 0.4) is 0 Å². The number of carbonyl (C=O) groups excluding carboxylic acids is 1. The SMILES string of the molecule is O=C(Nc1ccc(Nc2ccnc3[nH]c(=O)c4c(c23)CCCC4)cc1)c1cccc(C(F)(F)F)c1F. The zero-order valence-corrected chi connectivity index (χ0v) is 18.8. The summed E-state index contributed by atoms with van der Waals surface area (Å²) in [6.07, 6.45) is 0.136. The Kier molecular flexibility index (Phi) is 5.95. The molecule has 0 fully saturated rings. The van der Waals surface area contributed by atoms with Crippen LogP contribution in [-0.2, 0) is 19.0 Å². The zero-order valence-electron chi connectivity index (χ0n) is 18.8. The van der Waals surface area contributed by atoms with E-state index in [0.717, 1.165) is 60.0 Å². The maximum atomic E-state index is 14.3. The Labute approximate surface area is 202 Å². The molecule has 1 aliphatic rings. The van der Waals surface area contributed by atoms with Gasteiger partial charge in [-0.1, -0.05) is 6.07 Å². The molecule has 1 amide bonds. The van der Waals surface area contributed by atoms with Gasteiger partial charge in [0.05, 0.1) is 16.8 Å². The summed E-state index contributed by atoms with van der Waals surface area (Å²) in [5.74, 6) is -2.61. The van der Waals surface area contributed by atoms with Crippen LogP contribution in [0.2, 0.25) is 0 Å². The van der Waals surface area contributed by atoms with E-state index in [0.29, 0.717) is 17.4 Å². The number of carbonyl (C=O) groups is 1. The number of aryl methyl sites for hydroxylation is 1. The number of aromatic nitrogens is 2. The van der Waals surface area contributed by atoms with E-state index in [1.165, 1.54) is 0 Å². The number of H-pyrrole nitrogens is 1. The highest BCUT2D eigenvalue weighted by atomic mass is 19.4. The van der Waals surface area contributed by atoms with Gasteiger partial charge in [-0.25, -0.2) is 9.37 Å².